The van der Waals surface area contributed by atoms with Crippen molar-refractivity contribution < 1.29 is 13.2 Å². The molecule has 0 radical (unpaired) electrons. The van der Waals surface area contributed by atoms with E-state index in [1.165, 1.54) is 24.5 Å². The van der Waals surface area contributed by atoms with Gasteiger partial charge in [-0.15, -0.1) is 11.3 Å². The number of carbonyl (C=O) groups is 1. The smallest absolute Gasteiger partial charge is 0.245 e. The minimum Gasteiger partial charge on any atom is -0.301 e. The topological polar surface area (TPSA) is 105 Å². The van der Waals surface area contributed by atoms with Crippen LogP contribution in [0.1, 0.15) is 0 Å². The van der Waals surface area contributed by atoms with Crippen molar-refractivity contribution in [1.29, 1.82) is 0 Å². The first-order valence-electron chi connectivity index (χ1n) is 6.35. The lowest BCUT2D eigenvalue weighted by molar-refractivity contribution is -0.116. The molecule has 0 saturated heterocycles. The van der Waals surface area contributed by atoms with E-state index in [1.54, 1.807) is 23.7 Å². The molecule has 2 aromatic heterocycles. The van der Waals surface area contributed by atoms with Gasteiger partial charge in [-0.25, -0.2) is 13.4 Å². The van der Waals surface area contributed by atoms with E-state index >= 15 is 0 Å². The number of nitrogens with one attached hydrogen (secondary N) is 1. The molecule has 1 amide bonds. The van der Waals surface area contributed by atoms with Gasteiger partial charge >= 0.3 is 0 Å². The van der Waals surface area contributed by atoms with Crippen LogP contribution in [0.4, 0.5) is 5.13 Å². The second-order valence-electron chi connectivity index (χ2n) is 4.53. The zero-order valence-electron chi connectivity index (χ0n) is 11.8. The fraction of sp³-hybridized carbons (Fsp3) is 0.167. The molecule has 0 spiro atoms. The van der Waals surface area contributed by atoms with E-state index in [1.807, 2.05) is 0 Å². The van der Waals surface area contributed by atoms with Crippen molar-refractivity contribution in [3.05, 3.63) is 29.8 Å². The maximum absolute atomic E-state index is 12.7. The first-order valence-corrected chi connectivity index (χ1v) is 9.40. The molecule has 1 aromatic carbocycles. The van der Waals surface area contributed by atoms with Crippen LogP contribution in [0.3, 0.4) is 0 Å². The molecule has 120 valence electrons. The number of carbonyl (C=O) groups excluding carboxylic acids is 1. The molecule has 0 bridgehead atoms. The lowest BCUT2D eigenvalue weighted by Gasteiger charge is -2.16. The summed E-state index contributed by atoms with van der Waals surface area (Å²) in [7, 11) is -2.51. The molecule has 8 nitrogen and oxygen atoms in total. The van der Waals surface area contributed by atoms with Crippen LogP contribution in [-0.2, 0) is 14.8 Å². The fourth-order valence-corrected chi connectivity index (χ4v) is 4.31. The van der Waals surface area contributed by atoms with Crippen molar-refractivity contribution in [2.45, 2.75) is 4.90 Å². The van der Waals surface area contributed by atoms with Crippen LogP contribution in [0.5, 0.6) is 0 Å². The van der Waals surface area contributed by atoms with Gasteiger partial charge < -0.3 is 5.32 Å². The Balaban J connectivity index is 1.81. The number of nitrogens with zero attached hydrogens (tertiary/aromatic N) is 4. The van der Waals surface area contributed by atoms with Gasteiger partial charge in [0.05, 0.1) is 18.3 Å². The van der Waals surface area contributed by atoms with Gasteiger partial charge in [0.2, 0.25) is 15.9 Å². The number of sulfonamides is 1. The molecule has 1 N–H and O–H groups in total. The lowest BCUT2D eigenvalue weighted by atomic mass is 10.3. The molecule has 0 saturated carbocycles. The number of rotatable bonds is 5. The average molecular weight is 369 g/mol. The number of benzene rings is 1. The van der Waals surface area contributed by atoms with E-state index in [0.717, 1.165) is 16.0 Å². The monoisotopic (exact) mass is 369 g/mol. The number of likely N-dealkylation sites (N-methyl/N-ethyl adjacent to an activating group) is 1. The van der Waals surface area contributed by atoms with E-state index in [4.69, 9.17) is 0 Å². The molecule has 0 aliphatic carbocycles. The average Bonchev–Trinajstić information content (AvgIpc) is 3.17. The molecule has 3 rings (SSSR count). The second kappa shape index (κ2) is 6.28. The molecule has 23 heavy (non-hydrogen) atoms. The van der Waals surface area contributed by atoms with Crippen LogP contribution in [0, 0.1) is 0 Å². The first-order chi connectivity index (χ1) is 11.0. The van der Waals surface area contributed by atoms with E-state index in [2.05, 4.69) is 19.0 Å². The molecule has 0 fully saturated rings. The molecule has 0 aliphatic rings. The van der Waals surface area contributed by atoms with Crippen LogP contribution < -0.4 is 5.32 Å². The first kappa shape index (κ1) is 15.9. The molecule has 3 aromatic rings. The Morgan fingerprint density at radius 2 is 2.17 bits per heavy atom. The second-order valence-corrected chi connectivity index (χ2v) is 7.97. The summed E-state index contributed by atoms with van der Waals surface area (Å²) in [6.45, 7) is -0.324. The largest absolute Gasteiger partial charge is 0.301 e. The maximum atomic E-state index is 12.7. The van der Waals surface area contributed by atoms with Crippen LogP contribution >= 0.6 is 23.1 Å². The SMILES string of the molecule is CN(CC(=O)Nc1nccs1)S(=O)(=O)c1cccc2nsnc12. The third-order valence-corrected chi connectivity index (χ3v) is 6.05. The van der Waals surface area contributed by atoms with Crippen molar-refractivity contribution in [2.75, 3.05) is 18.9 Å². The van der Waals surface area contributed by atoms with Gasteiger partial charge in [-0.3, -0.25) is 4.79 Å². The molecule has 0 aliphatic heterocycles. The quantitative estimate of drug-likeness (QED) is 0.729. The summed E-state index contributed by atoms with van der Waals surface area (Å²) in [6, 6.07) is 4.74. The molecule has 2 heterocycles. The normalized spacial score (nSPS) is 11.9. The molecular formula is C12H11N5O3S3. The summed E-state index contributed by atoms with van der Waals surface area (Å²) in [5.41, 5.74) is 0.821. The zero-order valence-corrected chi connectivity index (χ0v) is 14.3. The number of fused-ring (bicyclic) bond motifs is 1. The van der Waals surface area contributed by atoms with Crippen molar-refractivity contribution in [3.63, 3.8) is 0 Å². The summed E-state index contributed by atoms with van der Waals surface area (Å²) in [5, 5.41) is 4.68. The van der Waals surface area contributed by atoms with Gasteiger partial charge in [-0.1, -0.05) is 6.07 Å². The summed E-state index contributed by atoms with van der Waals surface area (Å²) in [5.74, 6) is -0.463. The van der Waals surface area contributed by atoms with Crippen molar-refractivity contribution in [1.82, 2.24) is 18.0 Å². The lowest BCUT2D eigenvalue weighted by Crippen LogP contribution is -2.35. The Morgan fingerprint density at radius 1 is 1.35 bits per heavy atom. The van der Waals surface area contributed by atoms with Gasteiger partial charge in [0.25, 0.3) is 0 Å². The Bertz CT molecular complexity index is 936. The van der Waals surface area contributed by atoms with Crippen LogP contribution in [0.25, 0.3) is 11.0 Å². The Hall–Kier alpha value is -1.95. The highest BCUT2D eigenvalue weighted by Gasteiger charge is 2.26. The predicted octanol–water partition coefficient (Wildman–Crippen LogP) is 1.41. The summed E-state index contributed by atoms with van der Waals surface area (Å²) in [6.07, 6.45) is 1.55. The maximum Gasteiger partial charge on any atom is 0.245 e. The van der Waals surface area contributed by atoms with E-state index in [0.29, 0.717) is 16.2 Å². The zero-order chi connectivity index (χ0) is 16.4. The third-order valence-electron chi connectivity index (χ3n) is 2.98. The van der Waals surface area contributed by atoms with Crippen molar-refractivity contribution >= 4 is 55.2 Å². The standard InChI is InChI=1S/C12H11N5O3S3/c1-17(7-10(18)14-12-13-5-6-21-12)23(19,20)9-4-2-3-8-11(9)16-22-15-8/h2-6H,7H2,1H3,(H,13,14,18). The fourth-order valence-electron chi connectivity index (χ4n) is 1.89. The predicted molar refractivity (Wildman–Crippen MR) is 88.0 cm³/mol. The van der Waals surface area contributed by atoms with Gasteiger partial charge in [0.15, 0.2) is 5.13 Å². The van der Waals surface area contributed by atoms with Gasteiger partial charge in [0, 0.05) is 18.6 Å². The molecule has 0 atom stereocenters. The van der Waals surface area contributed by atoms with Crippen LogP contribution in [0.15, 0.2) is 34.7 Å². The highest BCUT2D eigenvalue weighted by Crippen LogP contribution is 2.23. The summed E-state index contributed by atoms with van der Waals surface area (Å²) < 4.78 is 34.3. The molecule has 11 heteroatoms. The van der Waals surface area contributed by atoms with E-state index in [-0.39, 0.29) is 11.4 Å². The van der Waals surface area contributed by atoms with E-state index in [9.17, 15) is 13.2 Å². The van der Waals surface area contributed by atoms with Crippen molar-refractivity contribution in [3.8, 4) is 0 Å². The van der Waals surface area contributed by atoms with E-state index < -0.39 is 15.9 Å². The summed E-state index contributed by atoms with van der Waals surface area (Å²) in [4.78, 5) is 15.9. The number of anilines is 1. The highest BCUT2D eigenvalue weighted by atomic mass is 32.2. The number of amides is 1. The van der Waals surface area contributed by atoms with Gasteiger partial charge in [0.1, 0.15) is 15.9 Å². The van der Waals surface area contributed by atoms with Gasteiger partial charge in [-0.05, 0) is 12.1 Å². The summed E-state index contributed by atoms with van der Waals surface area (Å²) >= 11 is 2.20. The van der Waals surface area contributed by atoms with Crippen LogP contribution in [-0.4, -0.2) is 46.0 Å². The minimum atomic E-state index is -3.85. The number of thiazole rings is 1. The minimum absolute atomic E-state index is 0.0355. The Kier molecular flexibility index (Phi) is 4.35. The highest BCUT2D eigenvalue weighted by molar-refractivity contribution is 7.89. The Morgan fingerprint density at radius 3 is 2.91 bits per heavy atom. The number of hydrogen-bond acceptors (Lipinski definition) is 8. The third kappa shape index (κ3) is 3.22. The number of aromatic nitrogens is 3. The van der Waals surface area contributed by atoms with Crippen molar-refractivity contribution in [2.24, 2.45) is 0 Å². The number of hydrogen-bond donors (Lipinski definition) is 1. The Labute approximate surface area is 140 Å². The van der Waals surface area contributed by atoms with Crippen LogP contribution in [0.2, 0.25) is 0 Å². The molecular weight excluding hydrogens is 358 g/mol. The van der Waals surface area contributed by atoms with Gasteiger partial charge in [-0.2, -0.15) is 13.1 Å². The molecule has 0 unspecified atom stereocenters.